The largest absolute Gasteiger partial charge is 0.339 e. The van der Waals surface area contributed by atoms with Crippen LogP contribution in [0, 0.1) is 12.3 Å². The number of benzene rings is 1. The predicted octanol–water partition coefficient (Wildman–Crippen LogP) is 2.06. The molecule has 1 saturated carbocycles. The van der Waals surface area contributed by atoms with Crippen molar-refractivity contribution in [2.45, 2.75) is 26.7 Å². The van der Waals surface area contributed by atoms with Crippen molar-refractivity contribution in [3.63, 3.8) is 0 Å². The fourth-order valence-corrected chi connectivity index (χ4v) is 3.33. The number of anilines is 1. The smallest absolute Gasteiger partial charge is 0.240 e. The molecule has 134 valence electrons. The first-order valence-corrected chi connectivity index (χ1v) is 8.84. The molecular weight excluding hydrogens is 342 g/mol. The molecule has 25 heavy (non-hydrogen) atoms. The standard InChI is InChI=1S/C18H22ClN3O3/c1-12-3-4-14(19)11-15(12)20-16(24)18(5-6-18)17(25)22-9-7-21(8-10-22)13(2)23/h3-4,11H,5-10H2,1-2H3,(H,20,24). The Balaban J connectivity index is 1.67. The van der Waals surface area contributed by atoms with Crippen LogP contribution < -0.4 is 5.32 Å². The molecule has 1 aliphatic heterocycles. The lowest BCUT2D eigenvalue weighted by atomic mass is 10.0. The molecule has 7 heteroatoms. The Morgan fingerprint density at radius 3 is 2.24 bits per heavy atom. The van der Waals surface area contributed by atoms with Crippen LogP contribution in [0.5, 0.6) is 0 Å². The molecule has 1 aliphatic carbocycles. The molecule has 0 atom stereocenters. The zero-order chi connectivity index (χ0) is 18.2. The van der Waals surface area contributed by atoms with Crippen molar-refractivity contribution < 1.29 is 14.4 Å². The lowest BCUT2D eigenvalue weighted by Crippen LogP contribution is -2.53. The molecule has 1 aromatic rings. The molecule has 0 radical (unpaired) electrons. The normalized spacial score (nSPS) is 18.7. The maximum absolute atomic E-state index is 12.9. The quantitative estimate of drug-likeness (QED) is 0.836. The van der Waals surface area contributed by atoms with Crippen LogP contribution in [0.2, 0.25) is 5.02 Å². The average molecular weight is 364 g/mol. The second-order valence-corrected chi connectivity index (χ2v) is 7.23. The van der Waals surface area contributed by atoms with Gasteiger partial charge in [-0.15, -0.1) is 0 Å². The first-order valence-electron chi connectivity index (χ1n) is 8.46. The Labute approximate surface area is 152 Å². The van der Waals surface area contributed by atoms with E-state index in [1.54, 1.807) is 21.9 Å². The van der Waals surface area contributed by atoms with Gasteiger partial charge in [-0.1, -0.05) is 17.7 Å². The van der Waals surface area contributed by atoms with Crippen molar-refractivity contribution in [1.82, 2.24) is 9.80 Å². The summed E-state index contributed by atoms with van der Waals surface area (Å²) in [6, 6.07) is 5.29. The number of halogens is 1. The zero-order valence-corrected chi connectivity index (χ0v) is 15.2. The summed E-state index contributed by atoms with van der Waals surface area (Å²) in [5, 5.41) is 3.40. The fourth-order valence-electron chi connectivity index (χ4n) is 3.16. The van der Waals surface area contributed by atoms with Crippen LogP contribution >= 0.6 is 11.6 Å². The van der Waals surface area contributed by atoms with Gasteiger partial charge in [0, 0.05) is 43.8 Å². The van der Waals surface area contributed by atoms with Crippen LogP contribution in [-0.4, -0.2) is 53.7 Å². The second kappa shape index (κ2) is 6.67. The van der Waals surface area contributed by atoms with Crippen LogP contribution in [0.1, 0.15) is 25.3 Å². The molecule has 1 N–H and O–H groups in total. The highest BCUT2D eigenvalue weighted by Crippen LogP contribution is 2.48. The predicted molar refractivity (Wildman–Crippen MR) is 95.3 cm³/mol. The molecule has 1 aromatic carbocycles. The van der Waals surface area contributed by atoms with Crippen molar-refractivity contribution in [3.8, 4) is 0 Å². The molecule has 0 unspecified atom stereocenters. The van der Waals surface area contributed by atoms with Crippen LogP contribution in [-0.2, 0) is 14.4 Å². The molecule has 6 nitrogen and oxygen atoms in total. The monoisotopic (exact) mass is 363 g/mol. The van der Waals surface area contributed by atoms with Gasteiger partial charge in [0.2, 0.25) is 17.7 Å². The van der Waals surface area contributed by atoms with Crippen LogP contribution in [0.15, 0.2) is 18.2 Å². The van der Waals surface area contributed by atoms with Gasteiger partial charge in [0.1, 0.15) is 5.41 Å². The zero-order valence-electron chi connectivity index (χ0n) is 14.5. The molecule has 2 fully saturated rings. The molecule has 3 rings (SSSR count). The molecule has 0 spiro atoms. The second-order valence-electron chi connectivity index (χ2n) is 6.79. The van der Waals surface area contributed by atoms with Gasteiger partial charge in [-0.25, -0.2) is 0 Å². The number of hydrogen-bond donors (Lipinski definition) is 1. The highest BCUT2D eigenvalue weighted by atomic mass is 35.5. The maximum Gasteiger partial charge on any atom is 0.240 e. The van der Waals surface area contributed by atoms with Gasteiger partial charge in [-0.3, -0.25) is 14.4 Å². The third-order valence-corrected chi connectivity index (χ3v) is 5.29. The van der Waals surface area contributed by atoms with Crippen molar-refractivity contribution in [2.24, 2.45) is 5.41 Å². The molecule has 1 saturated heterocycles. The maximum atomic E-state index is 12.9. The van der Waals surface area contributed by atoms with Crippen LogP contribution in [0.4, 0.5) is 5.69 Å². The Hall–Kier alpha value is -2.08. The highest BCUT2D eigenvalue weighted by Gasteiger charge is 2.58. The number of amides is 3. The third-order valence-electron chi connectivity index (χ3n) is 5.05. The Kier molecular flexibility index (Phi) is 4.73. The SMILES string of the molecule is CC(=O)N1CCN(C(=O)C2(C(=O)Nc3cc(Cl)ccc3C)CC2)CC1. The van der Waals surface area contributed by atoms with E-state index in [2.05, 4.69) is 5.32 Å². The van der Waals surface area contributed by atoms with Gasteiger partial charge in [-0.05, 0) is 37.5 Å². The Bertz CT molecular complexity index is 722. The van der Waals surface area contributed by atoms with E-state index in [1.807, 2.05) is 13.0 Å². The summed E-state index contributed by atoms with van der Waals surface area (Å²) in [6.07, 6.45) is 1.12. The fraction of sp³-hybridized carbons (Fsp3) is 0.500. The number of piperazine rings is 1. The topological polar surface area (TPSA) is 69.7 Å². The van der Waals surface area contributed by atoms with Crippen molar-refractivity contribution in [3.05, 3.63) is 28.8 Å². The average Bonchev–Trinajstić information content (AvgIpc) is 3.39. The summed E-state index contributed by atoms with van der Waals surface area (Å²) >= 11 is 6.00. The van der Waals surface area contributed by atoms with Gasteiger partial charge in [0.05, 0.1) is 0 Å². The Morgan fingerprint density at radius 2 is 1.68 bits per heavy atom. The number of carbonyl (C=O) groups excluding carboxylic acids is 3. The molecular formula is C18H22ClN3O3. The number of aryl methyl sites for hydroxylation is 1. The third kappa shape index (κ3) is 3.49. The van der Waals surface area contributed by atoms with Gasteiger partial charge in [0.15, 0.2) is 0 Å². The van der Waals surface area contributed by atoms with E-state index in [-0.39, 0.29) is 17.7 Å². The summed E-state index contributed by atoms with van der Waals surface area (Å²) < 4.78 is 0. The first-order chi connectivity index (χ1) is 11.8. The molecule has 2 aliphatic rings. The van der Waals surface area contributed by atoms with E-state index in [0.29, 0.717) is 49.7 Å². The van der Waals surface area contributed by atoms with Crippen LogP contribution in [0.25, 0.3) is 0 Å². The summed E-state index contributed by atoms with van der Waals surface area (Å²) in [5.74, 6) is -0.382. The van der Waals surface area contributed by atoms with E-state index < -0.39 is 5.41 Å². The van der Waals surface area contributed by atoms with Crippen molar-refractivity contribution >= 4 is 35.0 Å². The van der Waals surface area contributed by atoms with Gasteiger partial charge >= 0.3 is 0 Å². The van der Waals surface area contributed by atoms with Crippen LogP contribution in [0.3, 0.4) is 0 Å². The number of hydrogen-bond acceptors (Lipinski definition) is 3. The van der Waals surface area contributed by atoms with Gasteiger partial charge in [-0.2, -0.15) is 0 Å². The van der Waals surface area contributed by atoms with E-state index in [1.165, 1.54) is 6.92 Å². The highest BCUT2D eigenvalue weighted by molar-refractivity contribution is 6.31. The van der Waals surface area contributed by atoms with E-state index >= 15 is 0 Å². The molecule has 0 aromatic heterocycles. The minimum Gasteiger partial charge on any atom is -0.339 e. The van der Waals surface area contributed by atoms with E-state index in [0.717, 1.165) is 5.56 Å². The van der Waals surface area contributed by atoms with Gasteiger partial charge < -0.3 is 15.1 Å². The van der Waals surface area contributed by atoms with Crippen molar-refractivity contribution in [2.75, 3.05) is 31.5 Å². The summed E-state index contributed by atoms with van der Waals surface area (Å²) in [4.78, 5) is 40.5. The number of nitrogens with one attached hydrogen (secondary N) is 1. The van der Waals surface area contributed by atoms with Crippen molar-refractivity contribution in [1.29, 1.82) is 0 Å². The lowest BCUT2D eigenvalue weighted by Gasteiger charge is -2.36. The summed E-state index contributed by atoms with van der Waals surface area (Å²) in [6.45, 7) is 5.40. The van der Waals surface area contributed by atoms with E-state index in [4.69, 9.17) is 11.6 Å². The first kappa shape index (κ1) is 17.7. The number of nitrogens with zero attached hydrogens (tertiary/aromatic N) is 2. The number of carbonyl (C=O) groups is 3. The minimum absolute atomic E-state index is 0.0161. The number of rotatable bonds is 3. The summed E-state index contributed by atoms with van der Waals surface area (Å²) in [5.41, 5.74) is 0.571. The Morgan fingerprint density at radius 1 is 1.08 bits per heavy atom. The summed E-state index contributed by atoms with van der Waals surface area (Å²) in [7, 11) is 0. The molecule has 0 bridgehead atoms. The lowest BCUT2D eigenvalue weighted by molar-refractivity contribution is -0.146. The minimum atomic E-state index is -0.965. The molecule has 3 amide bonds. The van der Waals surface area contributed by atoms with E-state index in [9.17, 15) is 14.4 Å². The molecule has 1 heterocycles. The van der Waals surface area contributed by atoms with Gasteiger partial charge in [0.25, 0.3) is 0 Å².